The van der Waals surface area contributed by atoms with Gasteiger partial charge in [0.15, 0.2) is 5.76 Å². The Labute approximate surface area is 143 Å². The molecule has 0 unspecified atom stereocenters. The zero-order chi connectivity index (χ0) is 17.9. The van der Waals surface area contributed by atoms with Crippen LogP contribution in [0.15, 0.2) is 47.1 Å². The average Bonchev–Trinajstić information content (AvgIpc) is 3.14. The molecule has 25 heavy (non-hydrogen) atoms. The summed E-state index contributed by atoms with van der Waals surface area (Å²) >= 11 is 0. The maximum Gasteiger partial charge on any atom is 0.416 e. The molecule has 1 aromatic heterocycles. The van der Waals surface area contributed by atoms with Crippen molar-refractivity contribution < 1.29 is 22.4 Å². The second kappa shape index (κ2) is 7.31. The summed E-state index contributed by atoms with van der Waals surface area (Å²) in [6.07, 6.45) is -2.53. The van der Waals surface area contributed by atoms with Gasteiger partial charge in [0.2, 0.25) is 0 Å². The van der Waals surface area contributed by atoms with Crippen molar-refractivity contribution in [3.63, 3.8) is 0 Å². The molecule has 134 valence electrons. The number of hydrogen-bond donors (Lipinski definition) is 0. The molecule has 1 amide bonds. The van der Waals surface area contributed by atoms with Gasteiger partial charge in [0.1, 0.15) is 0 Å². The summed E-state index contributed by atoms with van der Waals surface area (Å²) in [6, 6.07) is 8.98. The van der Waals surface area contributed by atoms with Crippen LogP contribution in [0.25, 0.3) is 0 Å². The molecule has 0 spiro atoms. The number of alkyl halides is 3. The molecule has 4 nitrogen and oxygen atoms in total. The van der Waals surface area contributed by atoms with Gasteiger partial charge >= 0.3 is 6.18 Å². The summed E-state index contributed by atoms with van der Waals surface area (Å²) in [5.74, 6) is 0.166. The first kappa shape index (κ1) is 17.5. The Balaban J connectivity index is 1.53. The summed E-state index contributed by atoms with van der Waals surface area (Å²) in [7, 11) is 0. The van der Waals surface area contributed by atoms with E-state index in [1.165, 1.54) is 18.4 Å². The highest BCUT2D eigenvalue weighted by Crippen LogP contribution is 2.32. The minimum Gasteiger partial charge on any atom is -0.459 e. The zero-order valence-electron chi connectivity index (χ0n) is 13.6. The van der Waals surface area contributed by atoms with Crippen LogP contribution in [0.3, 0.4) is 0 Å². The molecule has 1 fully saturated rings. The molecule has 0 atom stereocenters. The smallest absolute Gasteiger partial charge is 0.416 e. The molecule has 7 heteroatoms. The summed E-state index contributed by atoms with van der Waals surface area (Å²) < 4.78 is 44.2. The van der Waals surface area contributed by atoms with E-state index in [-0.39, 0.29) is 5.91 Å². The fourth-order valence-corrected chi connectivity index (χ4v) is 3.02. The van der Waals surface area contributed by atoms with E-state index in [9.17, 15) is 18.0 Å². The van der Waals surface area contributed by atoms with E-state index in [0.29, 0.717) is 50.5 Å². The summed E-state index contributed by atoms with van der Waals surface area (Å²) in [5.41, 5.74) is -0.259. The molecule has 0 N–H and O–H groups in total. The standard InChI is InChI=1S/C18H19F3N2O2/c19-18(20,21)15-5-2-1-4-14(15)7-8-22-9-11-23(12-10-22)17(24)16-6-3-13-25-16/h1-6,13H,7-12H2. The third kappa shape index (κ3) is 4.22. The van der Waals surface area contributed by atoms with Crippen molar-refractivity contribution in [3.8, 4) is 0 Å². The van der Waals surface area contributed by atoms with Gasteiger partial charge in [-0.15, -0.1) is 0 Å². The number of carbonyl (C=O) groups is 1. The van der Waals surface area contributed by atoms with Crippen molar-refractivity contribution in [3.05, 3.63) is 59.5 Å². The number of halogens is 3. The van der Waals surface area contributed by atoms with Crippen LogP contribution in [-0.4, -0.2) is 48.4 Å². The normalized spacial score (nSPS) is 16.2. The Morgan fingerprint density at radius 3 is 2.40 bits per heavy atom. The van der Waals surface area contributed by atoms with Gasteiger partial charge in [-0.05, 0) is 30.2 Å². The second-order valence-electron chi connectivity index (χ2n) is 6.02. The van der Waals surface area contributed by atoms with Crippen molar-refractivity contribution >= 4 is 5.91 Å². The van der Waals surface area contributed by atoms with Gasteiger partial charge in [-0.3, -0.25) is 9.69 Å². The highest BCUT2D eigenvalue weighted by Gasteiger charge is 2.33. The number of nitrogens with zero attached hydrogens (tertiary/aromatic N) is 2. The number of rotatable bonds is 4. The molecular weight excluding hydrogens is 333 g/mol. The van der Waals surface area contributed by atoms with Crippen LogP contribution in [0.1, 0.15) is 21.7 Å². The molecule has 2 heterocycles. The van der Waals surface area contributed by atoms with Crippen LogP contribution in [0.4, 0.5) is 13.2 Å². The van der Waals surface area contributed by atoms with Gasteiger partial charge in [0.05, 0.1) is 11.8 Å². The SMILES string of the molecule is O=C(c1ccco1)N1CCN(CCc2ccccc2C(F)(F)F)CC1. The van der Waals surface area contributed by atoms with E-state index in [1.807, 2.05) is 0 Å². The van der Waals surface area contributed by atoms with E-state index < -0.39 is 11.7 Å². The quantitative estimate of drug-likeness (QED) is 0.847. The number of piperazine rings is 1. The Morgan fingerprint density at radius 1 is 1.04 bits per heavy atom. The fraction of sp³-hybridized carbons (Fsp3) is 0.389. The zero-order valence-corrected chi connectivity index (χ0v) is 13.6. The number of hydrogen-bond acceptors (Lipinski definition) is 3. The molecule has 1 saturated heterocycles. The maximum absolute atomic E-state index is 13.0. The lowest BCUT2D eigenvalue weighted by Crippen LogP contribution is -2.49. The largest absolute Gasteiger partial charge is 0.459 e. The minimum atomic E-state index is -4.33. The van der Waals surface area contributed by atoms with E-state index in [0.717, 1.165) is 6.07 Å². The van der Waals surface area contributed by atoms with Gasteiger partial charge in [0.25, 0.3) is 5.91 Å². The monoisotopic (exact) mass is 352 g/mol. The van der Waals surface area contributed by atoms with Crippen molar-refractivity contribution in [2.75, 3.05) is 32.7 Å². The van der Waals surface area contributed by atoms with E-state index in [2.05, 4.69) is 4.90 Å². The van der Waals surface area contributed by atoms with Gasteiger partial charge in [-0.25, -0.2) is 0 Å². The van der Waals surface area contributed by atoms with Crippen LogP contribution < -0.4 is 0 Å². The Morgan fingerprint density at radius 2 is 1.76 bits per heavy atom. The van der Waals surface area contributed by atoms with Crippen molar-refractivity contribution in [1.82, 2.24) is 9.80 Å². The first-order valence-corrected chi connectivity index (χ1v) is 8.15. The molecule has 0 radical (unpaired) electrons. The van der Waals surface area contributed by atoms with Crippen LogP contribution >= 0.6 is 0 Å². The number of amides is 1. The lowest BCUT2D eigenvalue weighted by Gasteiger charge is -2.34. The lowest BCUT2D eigenvalue weighted by molar-refractivity contribution is -0.138. The van der Waals surface area contributed by atoms with Crippen molar-refractivity contribution in [2.45, 2.75) is 12.6 Å². The summed E-state index contributed by atoms with van der Waals surface area (Å²) in [4.78, 5) is 16.0. The topological polar surface area (TPSA) is 36.7 Å². The molecule has 1 aliphatic rings. The molecule has 3 rings (SSSR count). The number of benzene rings is 1. The lowest BCUT2D eigenvalue weighted by atomic mass is 10.0. The van der Waals surface area contributed by atoms with Gasteiger partial charge in [-0.1, -0.05) is 18.2 Å². The van der Waals surface area contributed by atoms with Gasteiger partial charge in [0, 0.05) is 32.7 Å². The fourth-order valence-electron chi connectivity index (χ4n) is 3.02. The molecular formula is C18H19F3N2O2. The molecule has 0 aliphatic carbocycles. The average molecular weight is 352 g/mol. The van der Waals surface area contributed by atoms with Crippen LogP contribution in [0.2, 0.25) is 0 Å². The molecule has 2 aromatic rings. The van der Waals surface area contributed by atoms with E-state index in [1.54, 1.807) is 23.1 Å². The second-order valence-corrected chi connectivity index (χ2v) is 6.02. The Kier molecular flexibility index (Phi) is 5.13. The number of carbonyl (C=O) groups excluding carboxylic acids is 1. The van der Waals surface area contributed by atoms with Gasteiger partial charge in [-0.2, -0.15) is 13.2 Å². The summed E-state index contributed by atoms with van der Waals surface area (Å²) in [5, 5.41) is 0. The maximum atomic E-state index is 13.0. The van der Waals surface area contributed by atoms with E-state index in [4.69, 9.17) is 4.42 Å². The predicted octanol–water partition coefficient (Wildman–Crippen LogP) is 3.30. The molecule has 0 bridgehead atoms. The number of furan rings is 1. The van der Waals surface area contributed by atoms with Crippen LogP contribution in [0, 0.1) is 0 Å². The van der Waals surface area contributed by atoms with E-state index >= 15 is 0 Å². The first-order chi connectivity index (χ1) is 11.9. The third-order valence-corrected chi connectivity index (χ3v) is 4.41. The van der Waals surface area contributed by atoms with Crippen LogP contribution in [-0.2, 0) is 12.6 Å². The van der Waals surface area contributed by atoms with Crippen molar-refractivity contribution in [2.24, 2.45) is 0 Å². The predicted molar refractivity (Wildman–Crippen MR) is 86.2 cm³/mol. The van der Waals surface area contributed by atoms with Crippen LogP contribution in [0.5, 0.6) is 0 Å². The van der Waals surface area contributed by atoms with Gasteiger partial charge < -0.3 is 9.32 Å². The third-order valence-electron chi connectivity index (χ3n) is 4.41. The van der Waals surface area contributed by atoms with Crippen molar-refractivity contribution in [1.29, 1.82) is 0 Å². The summed E-state index contributed by atoms with van der Waals surface area (Å²) in [6.45, 7) is 2.90. The molecule has 1 aromatic carbocycles. The minimum absolute atomic E-state index is 0.146. The Hall–Kier alpha value is -2.28. The molecule has 0 saturated carbocycles. The first-order valence-electron chi connectivity index (χ1n) is 8.15. The Bertz CT molecular complexity index is 705. The highest BCUT2D eigenvalue weighted by atomic mass is 19.4. The highest BCUT2D eigenvalue weighted by molar-refractivity contribution is 5.91. The molecule has 1 aliphatic heterocycles.